The molecule has 0 saturated carbocycles. The number of thiocarbonyl (C=S) groups is 1. The summed E-state index contributed by atoms with van der Waals surface area (Å²) in [6.07, 6.45) is 3.03. The molecule has 0 atom stereocenters. The Balaban J connectivity index is 2.93. The van der Waals surface area contributed by atoms with Gasteiger partial charge < -0.3 is 10.6 Å². The molecular formula is C15H19N3O3S2. The van der Waals surface area contributed by atoms with E-state index in [-0.39, 0.29) is 29.0 Å². The van der Waals surface area contributed by atoms with Crippen molar-refractivity contribution in [2.45, 2.75) is 11.8 Å². The van der Waals surface area contributed by atoms with Crippen molar-refractivity contribution in [2.75, 3.05) is 18.4 Å². The molecular weight excluding hydrogens is 334 g/mol. The molecule has 1 amide bonds. The van der Waals surface area contributed by atoms with Crippen molar-refractivity contribution >= 4 is 38.9 Å². The highest BCUT2D eigenvalue weighted by Gasteiger charge is 2.22. The second kappa shape index (κ2) is 8.56. The molecule has 8 heteroatoms. The maximum Gasteiger partial charge on any atom is 0.243 e. The van der Waals surface area contributed by atoms with Crippen molar-refractivity contribution in [1.82, 2.24) is 9.62 Å². The first-order chi connectivity index (χ1) is 10.8. The lowest BCUT2D eigenvalue weighted by molar-refractivity contribution is -0.117. The van der Waals surface area contributed by atoms with Crippen LogP contribution in [0.2, 0.25) is 0 Å². The van der Waals surface area contributed by atoms with Gasteiger partial charge in [-0.3, -0.25) is 4.79 Å². The monoisotopic (exact) mass is 353 g/mol. The second-order valence-corrected chi connectivity index (χ2v) is 6.91. The minimum Gasteiger partial charge on any atom is -0.332 e. The van der Waals surface area contributed by atoms with Crippen LogP contribution in [0.4, 0.5) is 5.69 Å². The van der Waals surface area contributed by atoms with Gasteiger partial charge in [-0.05, 0) is 36.5 Å². The Morgan fingerprint density at radius 1 is 1.22 bits per heavy atom. The van der Waals surface area contributed by atoms with Crippen LogP contribution in [0, 0.1) is 0 Å². The molecule has 124 valence electrons. The van der Waals surface area contributed by atoms with Crippen molar-refractivity contribution in [1.29, 1.82) is 0 Å². The SMILES string of the molecule is C=CCN(CC=C)S(=O)(=O)c1ccc(NC(=S)NC(C)=O)cc1. The van der Waals surface area contributed by atoms with Crippen LogP contribution < -0.4 is 10.6 Å². The summed E-state index contributed by atoms with van der Waals surface area (Å²) in [5.41, 5.74) is 0.571. The van der Waals surface area contributed by atoms with Gasteiger partial charge in [-0.15, -0.1) is 13.2 Å². The first-order valence-electron chi connectivity index (χ1n) is 6.72. The minimum atomic E-state index is -3.63. The van der Waals surface area contributed by atoms with Gasteiger partial charge in [-0.2, -0.15) is 4.31 Å². The number of carbonyl (C=O) groups is 1. The highest BCUT2D eigenvalue weighted by atomic mass is 32.2. The van der Waals surface area contributed by atoms with E-state index in [1.807, 2.05) is 0 Å². The molecule has 0 fully saturated rings. The van der Waals surface area contributed by atoms with Gasteiger partial charge in [-0.25, -0.2) is 8.42 Å². The summed E-state index contributed by atoms with van der Waals surface area (Å²) in [5, 5.41) is 5.36. The molecule has 0 aromatic heterocycles. The van der Waals surface area contributed by atoms with E-state index in [1.54, 1.807) is 12.1 Å². The number of hydrogen-bond acceptors (Lipinski definition) is 4. The number of benzene rings is 1. The summed E-state index contributed by atoms with van der Waals surface area (Å²) in [6, 6.07) is 6.07. The van der Waals surface area contributed by atoms with Gasteiger partial charge in [0, 0.05) is 25.7 Å². The molecule has 1 rings (SSSR count). The zero-order valence-corrected chi connectivity index (χ0v) is 14.4. The number of hydrogen-bond donors (Lipinski definition) is 2. The van der Waals surface area contributed by atoms with Crippen LogP contribution in [0.3, 0.4) is 0 Å². The van der Waals surface area contributed by atoms with E-state index in [0.29, 0.717) is 5.69 Å². The molecule has 1 aromatic carbocycles. The summed E-state index contributed by atoms with van der Waals surface area (Å²) < 4.78 is 26.3. The second-order valence-electron chi connectivity index (χ2n) is 4.56. The lowest BCUT2D eigenvalue weighted by Crippen LogP contribution is -2.32. The normalized spacial score (nSPS) is 10.9. The van der Waals surface area contributed by atoms with Gasteiger partial charge in [0.15, 0.2) is 5.11 Å². The molecule has 0 aliphatic carbocycles. The third-order valence-corrected chi connectivity index (χ3v) is 4.75. The average molecular weight is 353 g/mol. The lowest BCUT2D eigenvalue weighted by Gasteiger charge is -2.19. The third kappa shape index (κ3) is 5.59. The van der Waals surface area contributed by atoms with Gasteiger partial charge in [0.05, 0.1) is 4.90 Å². The Bertz CT molecular complexity index is 687. The Morgan fingerprint density at radius 2 is 1.74 bits per heavy atom. The van der Waals surface area contributed by atoms with Crippen molar-refractivity contribution in [3.63, 3.8) is 0 Å². The molecule has 0 radical (unpaired) electrons. The predicted molar refractivity (Wildman–Crippen MR) is 95.6 cm³/mol. The van der Waals surface area contributed by atoms with Crippen LogP contribution in [0.25, 0.3) is 0 Å². The topological polar surface area (TPSA) is 78.5 Å². The van der Waals surface area contributed by atoms with Crippen LogP contribution in [-0.2, 0) is 14.8 Å². The van der Waals surface area contributed by atoms with E-state index >= 15 is 0 Å². The van der Waals surface area contributed by atoms with Crippen LogP contribution in [-0.4, -0.2) is 36.8 Å². The number of anilines is 1. The molecule has 0 bridgehead atoms. The highest BCUT2D eigenvalue weighted by molar-refractivity contribution is 7.89. The van der Waals surface area contributed by atoms with E-state index in [9.17, 15) is 13.2 Å². The Labute approximate surface area is 141 Å². The van der Waals surface area contributed by atoms with E-state index in [0.717, 1.165) is 0 Å². The molecule has 2 N–H and O–H groups in total. The average Bonchev–Trinajstić information content (AvgIpc) is 2.46. The Kier molecular flexibility index (Phi) is 7.08. The minimum absolute atomic E-state index is 0.146. The summed E-state index contributed by atoms with van der Waals surface area (Å²) in [6.45, 7) is 8.86. The Hall–Kier alpha value is -2.03. The van der Waals surface area contributed by atoms with E-state index < -0.39 is 10.0 Å². The van der Waals surface area contributed by atoms with E-state index in [2.05, 4.69) is 23.8 Å². The number of nitrogens with zero attached hydrogens (tertiary/aromatic N) is 1. The largest absolute Gasteiger partial charge is 0.332 e. The number of carbonyl (C=O) groups excluding carboxylic acids is 1. The zero-order chi connectivity index (χ0) is 17.5. The molecule has 0 saturated heterocycles. The summed E-state index contributed by atoms with van der Waals surface area (Å²) in [5.74, 6) is -0.286. The maximum absolute atomic E-state index is 12.5. The summed E-state index contributed by atoms with van der Waals surface area (Å²) in [7, 11) is -3.63. The van der Waals surface area contributed by atoms with Gasteiger partial charge in [0.2, 0.25) is 15.9 Å². The van der Waals surface area contributed by atoms with Crippen molar-refractivity contribution in [3.8, 4) is 0 Å². The van der Waals surface area contributed by atoms with Crippen molar-refractivity contribution in [3.05, 3.63) is 49.6 Å². The molecule has 0 aliphatic heterocycles. The fourth-order valence-corrected chi connectivity index (χ4v) is 3.38. The first-order valence-corrected chi connectivity index (χ1v) is 8.56. The molecule has 0 spiro atoms. The number of sulfonamides is 1. The van der Waals surface area contributed by atoms with Crippen molar-refractivity contribution < 1.29 is 13.2 Å². The van der Waals surface area contributed by atoms with E-state index in [1.165, 1.54) is 35.5 Å². The van der Waals surface area contributed by atoms with Gasteiger partial charge >= 0.3 is 0 Å². The first kappa shape index (κ1) is 19.0. The fourth-order valence-electron chi connectivity index (χ4n) is 1.74. The maximum atomic E-state index is 12.5. The molecule has 1 aromatic rings. The molecule has 0 heterocycles. The van der Waals surface area contributed by atoms with Crippen LogP contribution in [0.5, 0.6) is 0 Å². The number of rotatable bonds is 7. The van der Waals surface area contributed by atoms with Gasteiger partial charge in [0.1, 0.15) is 0 Å². The molecule has 23 heavy (non-hydrogen) atoms. The number of nitrogens with one attached hydrogen (secondary N) is 2. The molecule has 0 aliphatic rings. The third-order valence-electron chi connectivity index (χ3n) is 2.70. The highest BCUT2D eigenvalue weighted by Crippen LogP contribution is 2.18. The molecule has 6 nitrogen and oxygen atoms in total. The van der Waals surface area contributed by atoms with Crippen LogP contribution >= 0.6 is 12.2 Å². The smallest absolute Gasteiger partial charge is 0.243 e. The summed E-state index contributed by atoms with van der Waals surface area (Å²) >= 11 is 4.94. The number of amides is 1. The van der Waals surface area contributed by atoms with E-state index in [4.69, 9.17) is 12.2 Å². The van der Waals surface area contributed by atoms with Crippen LogP contribution in [0.15, 0.2) is 54.5 Å². The summed E-state index contributed by atoms with van der Waals surface area (Å²) in [4.78, 5) is 11.0. The Morgan fingerprint density at radius 3 is 2.17 bits per heavy atom. The van der Waals surface area contributed by atoms with Crippen molar-refractivity contribution in [2.24, 2.45) is 0 Å². The zero-order valence-electron chi connectivity index (χ0n) is 12.8. The quantitative estimate of drug-likeness (QED) is 0.578. The standard InChI is InChI=1S/C15H19N3O3S2/c1-4-10-18(11-5-2)23(20,21)14-8-6-13(7-9-14)17-15(22)16-12(3)19/h4-9H,1-2,10-11H2,3H3,(H2,16,17,19,22). The fraction of sp³-hybridized carbons (Fsp3) is 0.200. The molecule has 0 unspecified atom stereocenters. The van der Waals surface area contributed by atoms with Gasteiger partial charge in [-0.1, -0.05) is 12.2 Å². The predicted octanol–water partition coefficient (Wildman–Crippen LogP) is 1.88. The lowest BCUT2D eigenvalue weighted by atomic mass is 10.3. The van der Waals surface area contributed by atoms with Gasteiger partial charge in [0.25, 0.3) is 0 Å². The van der Waals surface area contributed by atoms with Crippen LogP contribution in [0.1, 0.15) is 6.92 Å².